The summed E-state index contributed by atoms with van der Waals surface area (Å²) in [4.78, 5) is 10.9. The molecule has 0 fully saturated rings. The Morgan fingerprint density at radius 3 is 1.69 bits per heavy atom. The SMILES string of the molecule is CCCC(C=C(C)C(=O)O)(CCC)CCC. The summed E-state index contributed by atoms with van der Waals surface area (Å²) in [5, 5.41) is 8.98. The van der Waals surface area contributed by atoms with Gasteiger partial charge in [0.2, 0.25) is 0 Å². The topological polar surface area (TPSA) is 37.3 Å². The average Bonchev–Trinajstić information content (AvgIpc) is 2.18. The van der Waals surface area contributed by atoms with Crippen LogP contribution in [0.4, 0.5) is 0 Å². The van der Waals surface area contributed by atoms with Crippen LogP contribution in [0.3, 0.4) is 0 Å². The standard InChI is InChI=1S/C14H26O2/c1-5-8-14(9-6-2,10-7-3)11-12(4)13(15)16/h11H,5-10H2,1-4H3,(H,15,16). The van der Waals surface area contributed by atoms with Crippen LogP contribution >= 0.6 is 0 Å². The number of hydrogen-bond acceptors (Lipinski definition) is 1. The van der Waals surface area contributed by atoms with Gasteiger partial charge >= 0.3 is 5.97 Å². The first-order valence-corrected chi connectivity index (χ1v) is 6.44. The van der Waals surface area contributed by atoms with Gasteiger partial charge in [0.1, 0.15) is 0 Å². The van der Waals surface area contributed by atoms with E-state index < -0.39 is 5.97 Å². The maximum Gasteiger partial charge on any atom is 0.330 e. The van der Waals surface area contributed by atoms with Gasteiger partial charge in [-0.2, -0.15) is 0 Å². The zero-order valence-corrected chi connectivity index (χ0v) is 11.2. The molecule has 1 N–H and O–H groups in total. The molecule has 0 aliphatic rings. The third-order valence-electron chi connectivity index (χ3n) is 3.10. The van der Waals surface area contributed by atoms with Crippen molar-refractivity contribution >= 4 is 5.97 Å². The summed E-state index contributed by atoms with van der Waals surface area (Å²) in [6.07, 6.45) is 8.64. The van der Waals surface area contributed by atoms with Gasteiger partial charge in [-0.3, -0.25) is 0 Å². The molecule has 94 valence electrons. The fraction of sp³-hybridized carbons (Fsp3) is 0.786. The predicted molar refractivity (Wildman–Crippen MR) is 68.5 cm³/mol. The molecule has 0 heterocycles. The van der Waals surface area contributed by atoms with Gasteiger partial charge in [0.25, 0.3) is 0 Å². The van der Waals surface area contributed by atoms with E-state index >= 15 is 0 Å². The lowest BCUT2D eigenvalue weighted by molar-refractivity contribution is -0.132. The molecule has 2 nitrogen and oxygen atoms in total. The molecule has 0 aromatic rings. The van der Waals surface area contributed by atoms with Gasteiger partial charge in [0.05, 0.1) is 0 Å². The van der Waals surface area contributed by atoms with Gasteiger partial charge < -0.3 is 5.11 Å². The van der Waals surface area contributed by atoms with Crippen LogP contribution in [0.2, 0.25) is 0 Å². The maximum absolute atomic E-state index is 10.9. The minimum Gasteiger partial charge on any atom is -0.478 e. The monoisotopic (exact) mass is 226 g/mol. The molecule has 0 unspecified atom stereocenters. The lowest BCUT2D eigenvalue weighted by atomic mass is 9.74. The summed E-state index contributed by atoms with van der Waals surface area (Å²) in [6, 6.07) is 0. The van der Waals surface area contributed by atoms with E-state index in [-0.39, 0.29) is 5.41 Å². The summed E-state index contributed by atoms with van der Waals surface area (Å²) in [5.74, 6) is -0.785. The second-order valence-corrected chi connectivity index (χ2v) is 4.74. The minimum absolute atomic E-state index is 0.112. The van der Waals surface area contributed by atoms with Crippen molar-refractivity contribution in [3.05, 3.63) is 11.6 Å². The molecular formula is C14H26O2. The first-order valence-electron chi connectivity index (χ1n) is 6.44. The molecule has 0 rings (SSSR count). The largest absolute Gasteiger partial charge is 0.478 e. The summed E-state index contributed by atoms with van der Waals surface area (Å²) in [5.41, 5.74) is 0.608. The zero-order valence-electron chi connectivity index (χ0n) is 11.2. The molecule has 0 aliphatic carbocycles. The van der Waals surface area contributed by atoms with Gasteiger partial charge in [-0.1, -0.05) is 46.1 Å². The van der Waals surface area contributed by atoms with E-state index in [2.05, 4.69) is 20.8 Å². The molecule has 0 aromatic heterocycles. The molecule has 0 radical (unpaired) electrons. The Balaban J connectivity index is 4.99. The van der Waals surface area contributed by atoms with E-state index in [1.807, 2.05) is 6.08 Å². The van der Waals surface area contributed by atoms with Crippen LogP contribution in [0.25, 0.3) is 0 Å². The van der Waals surface area contributed by atoms with Crippen LogP contribution in [0.15, 0.2) is 11.6 Å². The zero-order chi connectivity index (χ0) is 12.6. The Labute approximate surface area is 99.7 Å². The highest BCUT2D eigenvalue weighted by Gasteiger charge is 2.25. The first-order chi connectivity index (χ1) is 7.51. The Kier molecular flexibility index (Phi) is 7.11. The molecule has 2 heteroatoms. The highest BCUT2D eigenvalue weighted by molar-refractivity contribution is 5.85. The number of carbonyl (C=O) groups is 1. The van der Waals surface area contributed by atoms with Crippen LogP contribution < -0.4 is 0 Å². The number of hydrogen-bond donors (Lipinski definition) is 1. The first kappa shape index (κ1) is 15.2. The molecule has 0 amide bonds. The number of carboxylic acid groups (broad SMARTS) is 1. The van der Waals surface area contributed by atoms with Crippen molar-refractivity contribution in [2.24, 2.45) is 5.41 Å². The number of rotatable bonds is 8. The van der Waals surface area contributed by atoms with Crippen LogP contribution in [0.1, 0.15) is 66.2 Å². The van der Waals surface area contributed by atoms with Gasteiger partial charge in [-0.05, 0) is 31.6 Å². The van der Waals surface area contributed by atoms with Crippen LogP contribution in [0.5, 0.6) is 0 Å². The van der Waals surface area contributed by atoms with Crippen molar-refractivity contribution in [3.63, 3.8) is 0 Å². The van der Waals surface area contributed by atoms with Crippen molar-refractivity contribution in [2.75, 3.05) is 0 Å². The fourth-order valence-electron chi connectivity index (χ4n) is 2.61. The van der Waals surface area contributed by atoms with Crippen molar-refractivity contribution in [2.45, 2.75) is 66.2 Å². The average molecular weight is 226 g/mol. The highest BCUT2D eigenvalue weighted by atomic mass is 16.4. The maximum atomic E-state index is 10.9. The normalized spacial score (nSPS) is 12.9. The third kappa shape index (κ3) is 4.82. The predicted octanol–water partition coefficient (Wildman–Crippen LogP) is 4.40. The molecule has 0 bridgehead atoms. The quantitative estimate of drug-likeness (QED) is 0.623. The molecule has 0 aliphatic heterocycles. The van der Waals surface area contributed by atoms with Crippen LogP contribution in [-0.4, -0.2) is 11.1 Å². The van der Waals surface area contributed by atoms with Crippen molar-refractivity contribution in [1.82, 2.24) is 0 Å². The van der Waals surface area contributed by atoms with E-state index in [0.29, 0.717) is 5.57 Å². The van der Waals surface area contributed by atoms with Crippen molar-refractivity contribution < 1.29 is 9.90 Å². The van der Waals surface area contributed by atoms with Crippen molar-refractivity contribution in [1.29, 1.82) is 0 Å². The fourth-order valence-corrected chi connectivity index (χ4v) is 2.61. The highest BCUT2D eigenvalue weighted by Crippen LogP contribution is 2.37. The Bertz CT molecular complexity index is 224. The second kappa shape index (κ2) is 7.48. The molecular weight excluding hydrogens is 200 g/mol. The summed E-state index contributed by atoms with van der Waals surface area (Å²) < 4.78 is 0. The van der Waals surface area contributed by atoms with Crippen molar-refractivity contribution in [3.8, 4) is 0 Å². The van der Waals surface area contributed by atoms with Crippen LogP contribution in [0, 0.1) is 5.41 Å². The number of carboxylic acids is 1. The van der Waals surface area contributed by atoms with Gasteiger partial charge in [0.15, 0.2) is 0 Å². The third-order valence-corrected chi connectivity index (χ3v) is 3.10. The summed E-state index contributed by atoms with van der Waals surface area (Å²) in [7, 11) is 0. The lowest BCUT2D eigenvalue weighted by Crippen LogP contribution is -2.19. The van der Waals surface area contributed by atoms with Gasteiger partial charge in [-0.15, -0.1) is 0 Å². The van der Waals surface area contributed by atoms with E-state index in [1.54, 1.807) is 6.92 Å². The second-order valence-electron chi connectivity index (χ2n) is 4.74. The van der Waals surface area contributed by atoms with E-state index in [0.717, 1.165) is 38.5 Å². The number of aliphatic carboxylic acids is 1. The number of allylic oxidation sites excluding steroid dienone is 1. The molecule has 0 saturated carbocycles. The Morgan fingerprint density at radius 1 is 1.06 bits per heavy atom. The Hall–Kier alpha value is -0.790. The lowest BCUT2D eigenvalue weighted by Gasteiger charge is -2.30. The Morgan fingerprint density at radius 2 is 1.44 bits per heavy atom. The van der Waals surface area contributed by atoms with Crippen LogP contribution in [-0.2, 0) is 4.79 Å². The molecule has 16 heavy (non-hydrogen) atoms. The van der Waals surface area contributed by atoms with Gasteiger partial charge in [-0.25, -0.2) is 4.79 Å². The molecule has 0 aromatic carbocycles. The minimum atomic E-state index is -0.785. The van der Waals surface area contributed by atoms with Gasteiger partial charge in [0, 0.05) is 5.57 Å². The summed E-state index contributed by atoms with van der Waals surface area (Å²) in [6.45, 7) is 8.22. The molecule has 0 atom stereocenters. The van der Waals surface area contributed by atoms with E-state index in [1.165, 1.54) is 0 Å². The smallest absolute Gasteiger partial charge is 0.330 e. The van der Waals surface area contributed by atoms with E-state index in [9.17, 15) is 4.79 Å². The molecule has 0 spiro atoms. The van der Waals surface area contributed by atoms with E-state index in [4.69, 9.17) is 5.11 Å². The molecule has 0 saturated heterocycles. The summed E-state index contributed by atoms with van der Waals surface area (Å²) >= 11 is 0.